The van der Waals surface area contributed by atoms with Gasteiger partial charge in [0.05, 0.1) is 11.9 Å². The Bertz CT molecular complexity index is 314. The van der Waals surface area contributed by atoms with Gasteiger partial charge in [0, 0.05) is 27.4 Å². The number of hydrogen-bond acceptors (Lipinski definition) is 7. The summed E-state index contributed by atoms with van der Waals surface area (Å²) in [5.41, 5.74) is -0.332. The van der Waals surface area contributed by atoms with Gasteiger partial charge in [-0.3, -0.25) is 0 Å². The van der Waals surface area contributed by atoms with Gasteiger partial charge in [-0.15, -0.1) is 0 Å². The smallest absolute Gasteiger partial charge is 0.500 e. The van der Waals surface area contributed by atoms with Gasteiger partial charge in [-0.2, -0.15) is 0 Å². The molecule has 0 aromatic rings. The fourth-order valence-corrected chi connectivity index (χ4v) is 3.15. The van der Waals surface area contributed by atoms with Crippen LogP contribution in [0.3, 0.4) is 0 Å². The molecule has 7 nitrogen and oxygen atoms in total. The summed E-state index contributed by atoms with van der Waals surface area (Å²) < 4.78 is 15.4. The van der Waals surface area contributed by atoms with Crippen LogP contribution in [0.4, 0.5) is 0 Å². The first-order chi connectivity index (χ1) is 8.40. The van der Waals surface area contributed by atoms with Gasteiger partial charge in [0.1, 0.15) is 0 Å². The molecule has 0 rings (SSSR count). The number of rotatable bonds is 9. The third kappa shape index (κ3) is 5.41. The van der Waals surface area contributed by atoms with Crippen LogP contribution in [-0.4, -0.2) is 42.1 Å². The molecule has 0 aliphatic carbocycles. The number of carboxylic acid groups (broad SMARTS) is 2. The summed E-state index contributed by atoms with van der Waals surface area (Å²) in [6.45, 7) is 0. The highest BCUT2D eigenvalue weighted by molar-refractivity contribution is 6.60. The number of carbonyl (C=O) groups is 2. The largest absolute Gasteiger partial charge is 0.545 e. The summed E-state index contributed by atoms with van der Waals surface area (Å²) in [5, 5.41) is 20.9. The van der Waals surface area contributed by atoms with Crippen LogP contribution < -0.4 is 10.2 Å². The zero-order valence-corrected chi connectivity index (χ0v) is 11.6. The number of carbonyl (C=O) groups excluding carboxylic acids is 2. The van der Waals surface area contributed by atoms with Crippen LogP contribution in [0.15, 0.2) is 11.6 Å². The lowest BCUT2D eigenvalue weighted by Gasteiger charge is -2.24. The molecule has 0 aromatic heterocycles. The molecular weight excluding hydrogens is 260 g/mol. The summed E-state index contributed by atoms with van der Waals surface area (Å²) in [7, 11) is 1.56. The van der Waals surface area contributed by atoms with Crippen LogP contribution in [0.1, 0.15) is 12.8 Å². The van der Waals surface area contributed by atoms with Gasteiger partial charge in [0.25, 0.3) is 0 Å². The van der Waals surface area contributed by atoms with Crippen LogP contribution in [0.25, 0.3) is 0 Å². The van der Waals surface area contributed by atoms with Crippen molar-refractivity contribution in [3.63, 3.8) is 0 Å². The maximum atomic E-state index is 10.6. The Labute approximate surface area is 106 Å². The Balaban J connectivity index is 4.47. The van der Waals surface area contributed by atoms with Crippen LogP contribution >= 0.6 is 0 Å². The van der Waals surface area contributed by atoms with Crippen molar-refractivity contribution in [2.45, 2.75) is 18.9 Å². The van der Waals surface area contributed by atoms with Gasteiger partial charge in [0.2, 0.25) is 0 Å². The Hall–Kier alpha value is -1.22. The minimum Gasteiger partial charge on any atom is -0.545 e. The van der Waals surface area contributed by atoms with Gasteiger partial charge < -0.3 is 33.1 Å². The highest BCUT2D eigenvalue weighted by atomic mass is 28.4. The first-order valence-corrected chi connectivity index (χ1v) is 7.12. The second-order valence-electron chi connectivity index (χ2n) is 3.43. The van der Waals surface area contributed by atoms with E-state index in [0.717, 1.165) is 0 Å². The lowest BCUT2D eigenvalue weighted by molar-refractivity contribution is -0.303. The van der Waals surface area contributed by atoms with E-state index in [1.54, 1.807) is 0 Å². The van der Waals surface area contributed by atoms with Crippen LogP contribution in [0.2, 0.25) is 6.04 Å². The summed E-state index contributed by atoms with van der Waals surface area (Å²) in [5.74, 6) is -3.10. The summed E-state index contributed by atoms with van der Waals surface area (Å²) in [4.78, 5) is 20.9. The van der Waals surface area contributed by atoms with Crippen molar-refractivity contribution in [1.82, 2.24) is 0 Å². The fourth-order valence-electron chi connectivity index (χ4n) is 1.43. The molecule has 18 heavy (non-hydrogen) atoms. The highest BCUT2D eigenvalue weighted by Crippen LogP contribution is 2.18. The van der Waals surface area contributed by atoms with Crippen molar-refractivity contribution >= 4 is 20.7 Å². The molecule has 0 unspecified atom stereocenters. The molecule has 0 radical (unpaired) electrons. The first-order valence-electron chi connectivity index (χ1n) is 5.19. The second-order valence-corrected chi connectivity index (χ2v) is 6.52. The van der Waals surface area contributed by atoms with Gasteiger partial charge in [-0.05, 0) is 24.5 Å². The van der Waals surface area contributed by atoms with Gasteiger partial charge in [-0.1, -0.05) is 0 Å². The molecule has 0 bridgehead atoms. The minimum absolute atomic E-state index is 0.0150. The molecule has 8 heteroatoms. The molecule has 0 amide bonds. The third-order valence-electron chi connectivity index (χ3n) is 2.42. The molecule has 104 valence electrons. The van der Waals surface area contributed by atoms with E-state index >= 15 is 0 Å². The molecule has 0 fully saturated rings. The number of hydrogen-bond donors (Lipinski definition) is 0. The summed E-state index contributed by atoms with van der Waals surface area (Å²) in [6, 6.07) is 0.369. The quantitative estimate of drug-likeness (QED) is 0.356. The molecule has 0 saturated heterocycles. The summed E-state index contributed by atoms with van der Waals surface area (Å²) >= 11 is 0. The van der Waals surface area contributed by atoms with Crippen molar-refractivity contribution in [1.29, 1.82) is 0 Å². The molecule has 0 heterocycles. The van der Waals surface area contributed by atoms with Crippen molar-refractivity contribution < 1.29 is 33.1 Å². The Morgan fingerprint density at radius 3 is 1.94 bits per heavy atom. The van der Waals surface area contributed by atoms with Crippen LogP contribution in [0, 0.1) is 0 Å². The van der Waals surface area contributed by atoms with E-state index in [9.17, 15) is 19.8 Å². The minimum atomic E-state index is -2.76. The number of aliphatic carboxylic acids is 2. The fraction of sp³-hybridized carbons (Fsp3) is 0.600. The molecule has 0 saturated carbocycles. The zero-order chi connectivity index (χ0) is 14.2. The van der Waals surface area contributed by atoms with E-state index in [1.807, 2.05) is 0 Å². The summed E-state index contributed by atoms with van der Waals surface area (Å²) in [6.07, 6.45) is 0.876. The van der Waals surface area contributed by atoms with Crippen LogP contribution in [0.5, 0.6) is 0 Å². The molecule has 0 atom stereocenters. The average molecular weight is 276 g/mol. The monoisotopic (exact) mass is 276 g/mol. The van der Waals surface area contributed by atoms with E-state index in [-0.39, 0.29) is 12.0 Å². The highest BCUT2D eigenvalue weighted by Gasteiger charge is 2.36. The van der Waals surface area contributed by atoms with Crippen molar-refractivity contribution in [3.8, 4) is 0 Å². The standard InChI is InChI=1S/C10H18O7Si/c1-15-18(16-2,17-3)6-4-5-8(10(13)14)7-9(11)12/h7H,4-6H2,1-3H3,(H,11,12)(H,13,14)/p-2/b8-7-. The topological polar surface area (TPSA) is 108 Å². The van der Waals surface area contributed by atoms with E-state index in [2.05, 4.69) is 0 Å². The molecule has 0 aliphatic heterocycles. The molecule has 0 aliphatic rings. The van der Waals surface area contributed by atoms with Crippen LogP contribution in [-0.2, 0) is 22.9 Å². The Kier molecular flexibility index (Phi) is 7.44. The predicted octanol–water partition coefficient (Wildman–Crippen LogP) is -1.93. The SMILES string of the molecule is CO[Si](CCC/C(=C/C(=O)[O-])C(=O)[O-])(OC)OC. The van der Waals surface area contributed by atoms with E-state index in [0.29, 0.717) is 18.5 Å². The normalized spacial score (nSPS) is 12.5. The maximum Gasteiger partial charge on any atom is 0.500 e. The van der Waals surface area contributed by atoms with E-state index < -0.39 is 20.7 Å². The molecule has 0 aromatic carbocycles. The molecular formula is C10H16O7Si-2. The van der Waals surface area contributed by atoms with Crippen molar-refractivity contribution in [3.05, 3.63) is 11.6 Å². The van der Waals surface area contributed by atoms with Gasteiger partial charge >= 0.3 is 8.80 Å². The second kappa shape index (κ2) is 7.98. The van der Waals surface area contributed by atoms with Gasteiger partial charge in [0.15, 0.2) is 0 Å². The average Bonchev–Trinajstić information content (AvgIpc) is 2.33. The van der Waals surface area contributed by atoms with E-state index in [4.69, 9.17) is 13.3 Å². The lowest BCUT2D eigenvalue weighted by Crippen LogP contribution is -2.42. The van der Waals surface area contributed by atoms with Crippen molar-refractivity contribution in [2.24, 2.45) is 0 Å². The van der Waals surface area contributed by atoms with Gasteiger partial charge in [-0.25, -0.2) is 0 Å². The van der Waals surface area contributed by atoms with Crippen molar-refractivity contribution in [2.75, 3.05) is 21.3 Å². The third-order valence-corrected chi connectivity index (χ3v) is 5.25. The molecule has 0 N–H and O–H groups in total. The lowest BCUT2D eigenvalue weighted by atomic mass is 10.1. The Morgan fingerprint density at radius 1 is 1.11 bits per heavy atom. The first kappa shape index (κ1) is 16.8. The van der Waals surface area contributed by atoms with E-state index in [1.165, 1.54) is 21.3 Å². The number of carboxylic acids is 2. The molecule has 0 spiro atoms. The maximum absolute atomic E-state index is 10.6. The predicted molar refractivity (Wildman–Crippen MR) is 58.9 cm³/mol. The Morgan fingerprint density at radius 2 is 1.61 bits per heavy atom. The zero-order valence-electron chi connectivity index (χ0n) is 10.6.